The van der Waals surface area contributed by atoms with Crippen LogP contribution >= 0.6 is 11.3 Å². The summed E-state index contributed by atoms with van der Waals surface area (Å²) in [6, 6.07) is 8.39. The molecule has 3 heterocycles. The zero-order valence-corrected chi connectivity index (χ0v) is 16.9. The van der Waals surface area contributed by atoms with E-state index < -0.39 is 0 Å². The molecule has 27 heavy (non-hydrogen) atoms. The number of thiazole rings is 1. The number of para-hydroxylation sites is 1. The fourth-order valence-corrected chi connectivity index (χ4v) is 4.64. The molecule has 0 saturated carbocycles. The number of anilines is 1. The second-order valence-electron chi connectivity index (χ2n) is 7.15. The Bertz CT molecular complexity index is 952. The lowest BCUT2D eigenvalue weighted by Gasteiger charge is -2.34. The summed E-state index contributed by atoms with van der Waals surface area (Å²) in [4.78, 5) is 22.0. The molecule has 0 atom stereocenters. The first-order chi connectivity index (χ1) is 13.1. The largest absolute Gasteiger partial charge is 0.345 e. The number of hydrogen-bond acceptors (Lipinski definition) is 5. The predicted molar refractivity (Wildman–Crippen MR) is 110 cm³/mol. The molecule has 0 bridgehead atoms. The lowest BCUT2D eigenvalue weighted by Crippen LogP contribution is -2.49. The minimum absolute atomic E-state index is 0.0680. The molecule has 1 aliphatic heterocycles. The van der Waals surface area contributed by atoms with E-state index in [0.29, 0.717) is 18.8 Å². The van der Waals surface area contributed by atoms with E-state index in [1.807, 2.05) is 24.8 Å². The van der Waals surface area contributed by atoms with Gasteiger partial charge in [-0.1, -0.05) is 30.4 Å². The van der Waals surface area contributed by atoms with Crippen molar-refractivity contribution in [2.75, 3.05) is 31.1 Å². The highest BCUT2D eigenvalue weighted by molar-refractivity contribution is 7.22. The summed E-state index contributed by atoms with van der Waals surface area (Å²) in [6.45, 7) is 9.28. The molecule has 7 heteroatoms. The van der Waals surface area contributed by atoms with Crippen LogP contribution in [0, 0.1) is 0 Å². The van der Waals surface area contributed by atoms with Crippen molar-refractivity contribution in [3.63, 3.8) is 0 Å². The van der Waals surface area contributed by atoms with Crippen molar-refractivity contribution in [1.29, 1.82) is 0 Å². The highest BCUT2D eigenvalue weighted by Gasteiger charge is 2.26. The van der Waals surface area contributed by atoms with Crippen molar-refractivity contribution >= 4 is 32.6 Å². The summed E-state index contributed by atoms with van der Waals surface area (Å²) in [5, 5.41) is 5.35. The first-order valence-corrected chi connectivity index (χ1v) is 10.4. The van der Waals surface area contributed by atoms with Crippen molar-refractivity contribution < 1.29 is 4.79 Å². The molecule has 1 amide bonds. The lowest BCUT2D eigenvalue weighted by atomic mass is 10.1. The van der Waals surface area contributed by atoms with E-state index >= 15 is 0 Å². The SMILES string of the molecule is CCc1cccc2sc(N3CCN(C(=O)c4ccnn4C(C)C)CC3)nc12. The highest BCUT2D eigenvalue weighted by Crippen LogP contribution is 2.31. The van der Waals surface area contributed by atoms with Crippen molar-refractivity contribution in [3.05, 3.63) is 41.7 Å². The standard InChI is InChI=1S/C20H25N5OS/c1-4-15-6-5-7-17-18(15)22-20(27-17)24-12-10-23(11-13-24)19(26)16-8-9-21-25(16)14(2)3/h5-9,14H,4,10-13H2,1-3H3. The number of carbonyl (C=O) groups is 1. The number of amides is 1. The van der Waals surface area contributed by atoms with Crippen LogP contribution in [0.2, 0.25) is 0 Å². The quantitative estimate of drug-likeness (QED) is 0.691. The number of carbonyl (C=O) groups excluding carboxylic acids is 1. The van der Waals surface area contributed by atoms with Gasteiger partial charge in [-0.25, -0.2) is 4.98 Å². The Kier molecular flexibility index (Phi) is 4.86. The van der Waals surface area contributed by atoms with Gasteiger partial charge >= 0.3 is 0 Å². The van der Waals surface area contributed by atoms with Crippen LogP contribution in [-0.4, -0.2) is 51.8 Å². The summed E-state index contributed by atoms with van der Waals surface area (Å²) in [7, 11) is 0. The molecule has 1 fully saturated rings. The van der Waals surface area contributed by atoms with Gasteiger partial charge in [0.1, 0.15) is 5.69 Å². The molecule has 142 valence electrons. The number of aryl methyl sites for hydroxylation is 1. The number of hydrogen-bond donors (Lipinski definition) is 0. The maximum absolute atomic E-state index is 12.9. The second kappa shape index (κ2) is 7.31. The van der Waals surface area contributed by atoms with E-state index in [9.17, 15) is 4.79 Å². The number of aromatic nitrogens is 3. The molecule has 0 N–H and O–H groups in total. The molecule has 1 aromatic carbocycles. The van der Waals surface area contributed by atoms with Gasteiger partial charge in [-0.05, 0) is 38.0 Å². The minimum Gasteiger partial charge on any atom is -0.345 e. The fourth-order valence-electron chi connectivity index (χ4n) is 3.57. The Hall–Kier alpha value is -2.41. The van der Waals surface area contributed by atoms with Crippen LogP contribution in [0.3, 0.4) is 0 Å². The topological polar surface area (TPSA) is 54.3 Å². The molecule has 0 aliphatic carbocycles. The van der Waals surface area contributed by atoms with E-state index in [1.165, 1.54) is 10.3 Å². The predicted octanol–water partition coefficient (Wildman–Crippen LogP) is 3.60. The molecule has 0 unspecified atom stereocenters. The van der Waals surface area contributed by atoms with Crippen LogP contribution in [0.15, 0.2) is 30.5 Å². The average Bonchev–Trinajstić information content (AvgIpc) is 3.34. The van der Waals surface area contributed by atoms with Gasteiger partial charge in [-0.3, -0.25) is 9.48 Å². The Morgan fingerprint density at radius 3 is 2.67 bits per heavy atom. The summed E-state index contributed by atoms with van der Waals surface area (Å²) in [6.07, 6.45) is 2.70. The molecule has 1 aliphatic rings. The van der Waals surface area contributed by atoms with E-state index in [2.05, 4.69) is 35.1 Å². The average molecular weight is 384 g/mol. The molecule has 0 spiro atoms. The minimum atomic E-state index is 0.0680. The zero-order valence-electron chi connectivity index (χ0n) is 16.1. The fraction of sp³-hybridized carbons (Fsp3) is 0.450. The van der Waals surface area contributed by atoms with E-state index in [4.69, 9.17) is 4.98 Å². The van der Waals surface area contributed by atoms with Crippen molar-refractivity contribution in [2.45, 2.75) is 33.2 Å². The summed E-state index contributed by atoms with van der Waals surface area (Å²) >= 11 is 1.74. The van der Waals surface area contributed by atoms with Crippen LogP contribution in [0.4, 0.5) is 5.13 Å². The summed E-state index contributed by atoms with van der Waals surface area (Å²) in [5.74, 6) is 0.0680. The van der Waals surface area contributed by atoms with Gasteiger partial charge in [0.2, 0.25) is 0 Å². The van der Waals surface area contributed by atoms with Gasteiger partial charge in [0.25, 0.3) is 5.91 Å². The van der Waals surface area contributed by atoms with Crippen molar-refractivity contribution in [1.82, 2.24) is 19.7 Å². The zero-order chi connectivity index (χ0) is 19.0. The van der Waals surface area contributed by atoms with Crippen LogP contribution in [0.5, 0.6) is 0 Å². The molecule has 0 radical (unpaired) electrons. The summed E-state index contributed by atoms with van der Waals surface area (Å²) in [5.41, 5.74) is 3.09. The Morgan fingerprint density at radius 2 is 1.96 bits per heavy atom. The van der Waals surface area contributed by atoms with Crippen LogP contribution < -0.4 is 4.90 Å². The maximum Gasteiger partial charge on any atom is 0.272 e. The van der Waals surface area contributed by atoms with Gasteiger partial charge in [0.05, 0.1) is 10.2 Å². The molecule has 6 nitrogen and oxygen atoms in total. The number of piperazine rings is 1. The highest BCUT2D eigenvalue weighted by atomic mass is 32.1. The van der Waals surface area contributed by atoms with E-state index in [-0.39, 0.29) is 11.9 Å². The number of nitrogens with zero attached hydrogens (tertiary/aromatic N) is 5. The van der Waals surface area contributed by atoms with Gasteiger partial charge in [0.15, 0.2) is 5.13 Å². The second-order valence-corrected chi connectivity index (χ2v) is 8.16. The molecule has 1 saturated heterocycles. The Balaban J connectivity index is 1.47. The van der Waals surface area contributed by atoms with Crippen molar-refractivity contribution in [3.8, 4) is 0 Å². The summed E-state index contributed by atoms with van der Waals surface area (Å²) < 4.78 is 3.04. The van der Waals surface area contributed by atoms with E-state index in [1.54, 1.807) is 22.2 Å². The first-order valence-electron chi connectivity index (χ1n) is 9.54. The molecule has 4 rings (SSSR count). The molecule has 2 aromatic heterocycles. The van der Waals surface area contributed by atoms with Gasteiger partial charge in [-0.2, -0.15) is 5.10 Å². The maximum atomic E-state index is 12.9. The third-order valence-corrected chi connectivity index (χ3v) is 6.17. The van der Waals surface area contributed by atoms with Crippen molar-refractivity contribution in [2.24, 2.45) is 0 Å². The monoisotopic (exact) mass is 383 g/mol. The van der Waals surface area contributed by atoms with Gasteiger partial charge in [-0.15, -0.1) is 0 Å². The number of fused-ring (bicyclic) bond motifs is 1. The molecular formula is C20H25N5OS. The third-order valence-electron chi connectivity index (χ3n) is 5.09. The van der Waals surface area contributed by atoms with E-state index in [0.717, 1.165) is 30.2 Å². The number of rotatable bonds is 4. The van der Waals surface area contributed by atoms with Crippen LogP contribution in [-0.2, 0) is 6.42 Å². The first kappa shape index (κ1) is 18.0. The van der Waals surface area contributed by atoms with Crippen LogP contribution in [0.25, 0.3) is 10.2 Å². The molecular weight excluding hydrogens is 358 g/mol. The molecule has 3 aromatic rings. The Morgan fingerprint density at radius 1 is 1.19 bits per heavy atom. The Labute approximate surface area is 163 Å². The van der Waals surface area contributed by atoms with Gasteiger partial charge in [0, 0.05) is 38.4 Å². The normalized spacial score (nSPS) is 15.1. The third kappa shape index (κ3) is 3.32. The number of benzene rings is 1. The lowest BCUT2D eigenvalue weighted by molar-refractivity contribution is 0.0732. The van der Waals surface area contributed by atoms with Crippen LogP contribution in [0.1, 0.15) is 42.9 Å². The van der Waals surface area contributed by atoms with Gasteiger partial charge < -0.3 is 9.80 Å². The smallest absolute Gasteiger partial charge is 0.272 e.